The second kappa shape index (κ2) is 5.44. The Labute approximate surface area is 116 Å². The first kappa shape index (κ1) is 13.6. The van der Waals surface area contributed by atoms with E-state index in [9.17, 15) is 13.6 Å². The van der Waals surface area contributed by atoms with Crippen LogP contribution in [0.3, 0.4) is 0 Å². The van der Waals surface area contributed by atoms with Crippen LogP contribution >= 0.6 is 15.9 Å². The van der Waals surface area contributed by atoms with Crippen LogP contribution in [0.25, 0.3) is 0 Å². The van der Waals surface area contributed by atoms with E-state index in [-0.39, 0.29) is 5.56 Å². The van der Waals surface area contributed by atoms with E-state index in [1.165, 1.54) is 0 Å². The lowest BCUT2D eigenvalue weighted by molar-refractivity contribution is 0.102. The van der Waals surface area contributed by atoms with E-state index in [0.29, 0.717) is 5.69 Å². The van der Waals surface area contributed by atoms with Gasteiger partial charge in [0.05, 0.1) is 5.56 Å². The number of nitrogens with zero attached hydrogens (tertiary/aromatic N) is 1. The second-order valence-corrected chi connectivity index (χ2v) is 4.79. The van der Waals surface area contributed by atoms with E-state index in [1.807, 2.05) is 0 Å². The van der Waals surface area contributed by atoms with Crippen molar-refractivity contribution in [1.29, 1.82) is 0 Å². The molecule has 0 fully saturated rings. The highest BCUT2D eigenvalue weighted by molar-refractivity contribution is 9.10. The van der Waals surface area contributed by atoms with Crippen molar-refractivity contribution in [3.63, 3.8) is 0 Å². The highest BCUT2D eigenvalue weighted by Crippen LogP contribution is 2.21. The van der Waals surface area contributed by atoms with Crippen molar-refractivity contribution in [1.82, 2.24) is 4.98 Å². The van der Waals surface area contributed by atoms with Gasteiger partial charge in [0.25, 0.3) is 5.91 Å². The number of aromatic nitrogens is 1. The number of carbonyl (C=O) groups is 1. The summed E-state index contributed by atoms with van der Waals surface area (Å²) in [6.07, 6.45) is 1.04. The number of halogens is 3. The van der Waals surface area contributed by atoms with Gasteiger partial charge in [-0.25, -0.2) is 9.37 Å². The second-order valence-electron chi connectivity index (χ2n) is 3.88. The Morgan fingerprint density at radius 1 is 1.32 bits per heavy atom. The largest absolute Gasteiger partial charge is 0.322 e. The quantitative estimate of drug-likeness (QED) is 0.855. The van der Waals surface area contributed by atoms with E-state index in [0.717, 1.165) is 22.3 Å². The molecule has 0 saturated carbocycles. The zero-order valence-electron chi connectivity index (χ0n) is 9.88. The molecular formula is C13H9BrF2N2O. The number of carbonyl (C=O) groups excluding carboxylic acids is 1. The van der Waals surface area contributed by atoms with Gasteiger partial charge in [0.2, 0.25) is 5.95 Å². The van der Waals surface area contributed by atoms with Crippen LogP contribution in [0.5, 0.6) is 0 Å². The highest BCUT2D eigenvalue weighted by atomic mass is 79.9. The molecule has 0 spiro atoms. The van der Waals surface area contributed by atoms with Crippen molar-refractivity contribution in [2.24, 2.45) is 0 Å². The molecule has 1 aromatic carbocycles. The minimum Gasteiger partial charge on any atom is -0.322 e. The Bertz CT molecular complexity index is 647. The lowest BCUT2D eigenvalue weighted by Gasteiger charge is -2.09. The number of benzene rings is 1. The Morgan fingerprint density at radius 2 is 2.05 bits per heavy atom. The monoisotopic (exact) mass is 326 g/mol. The fourth-order valence-electron chi connectivity index (χ4n) is 1.55. The molecule has 19 heavy (non-hydrogen) atoms. The average Bonchev–Trinajstić information content (AvgIpc) is 2.36. The molecule has 1 N–H and O–H groups in total. The Balaban J connectivity index is 2.28. The Morgan fingerprint density at radius 3 is 2.74 bits per heavy atom. The number of aryl methyl sites for hydroxylation is 1. The van der Waals surface area contributed by atoms with Crippen LogP contribution in [0.2, 0.25) is 0 Å². The highest BCUT2D eigenvalue weighted by Gasteiger charge is 2.16. The van der Waals surface area contributed by atoms with Crippen LogP contribution in [0.1, 0.15) is 15.9 Å². The molecular weight excluding hydrogens is 318 g/mol. The SMILES string of the molecule is Cc1cc(Br)ccc1NC(=O)c1ccnc(F)c1F. The molecule has 0 atom stereocenters. The van der Waals surface area contributed by atoms with E-state index in [4.69, 9.17) is 0 Å². The molecule has 0 aliphatic heterocycles. The molecule has 0 aliphatic rings. The topological polar surface area (TPSA) is 42.0 Å². The van der Waals surface area contributed by atoms with Gasteiger partial charge >= 0.3 is 0 Å². The molecule has 0 saturated heterocycles. The van der Waals surface area contributed by atoms with Gasteiger partial charge in [-0.1, -0.05) is 15.9 Å². The molecule has 2 aromatic rings. The van der Waals surface area contributed by atoms with Gasteiger partial charge in [-0.2, -0.15) is 4.39 Å². The summed E-state index contributed by atoms with van der Waals surface area (Å²) in [5, 5.41) is 2.53. The predicted molar refractivity (Wildman–Crippen MR) is 71.0 cm³/mol. The van der Waals surface area contributed by atoms with Gasteiger partial charge < -0.3 is 5.32 Å². The first-order chi connectivity index (χ1) is 8.99. The maximum Gasteiger partial charge on any atom is 0.258 e. The van der Waals surface area contributed by atoms with Gasteiger partial charge in [-0.3, -0.25) is 4.79 Å². The number of pyridine rings is 1. The van der Waals surface area contributed by atoms with Crippen molar-refractivity contribution < 1.29 is 13.6 Å². The predicted octanol–water partition coefficient (Wildman–Crippen LogP) is 3.68. The van der Waals surface area contributed by atoms with Crippen molar-refractivity contribution in [3.05, 3.63) is 57.8 Å². The molecule has 6 heteroatoms. The molecule has 1 aromatic heterocycles. The van der Waals surface area contributed by atoms with Crippen LogP contribution < -0.4 is 5.32 Å². The molecule has 2 rings (SSSR count). The van der Waals surface area contributed by atoms with Crippen LogP contribution in [-0.4, -0.2) is 10.9 Å². The number of anilines is 1. The van der Waals surface area contributed by atoms with Crippen LogP contribution in [-0.2, 0) is 0 Å². The summed E-state index contributed by atoms with van der Waals surface area (Å²) in [6, 6.07) is 6.35. The first-order valence-electron chi connectivity index (χ1n) is 5.36. The molecule has 1 heterocycles. The number of rotatable bonds is 2. The summed E-state index contributed by atoms with van der Waals surface area (Å²) in [7, 11) is 0. The summed E-state index contributed by atoms with van der Waals surface area (Å²) in [6.45, 7) is 1.80. The van der Waals surface area contributed by atoms with Crippen molar-refractivity contribution in [2.45, 2.75) is 6.92 Å². The average molecular weight is 327 g/mol. The number of hydrogen-bond acceptors (Lipinski definition) is 2. The summed E-state index contributed by atoms with van der Waals surface area (Å²) in [5.41, 5.74) is 0.956. The van der Waals surface area contributed by atoms with E-state index in [1.54, 1.807) is 25.1 Å². The molecule has 98 valence electrons. The van der Waals surface area contributed by atoms with E-state index < -0.39 is 17.7 Å². The van der Waals surface area contributed by atoms with Gasteiger partial charge in [0, 0.05) is 16.4 Å². The third-order valence-electron chi connectivity index (χ3n) is 2.53. The van der Waals surface area contributed by atoms with Crippen molar-refractivity contribution in [2.75, 3.05) is 5.32 Å². The third kappa shape index (κ3) is 2.96. The fourth-order valence-corrected chi connectivity index (χ4v) is 2.03. The zero-order valence-corrected chi connectivity index (χ0v) is 11.5. The number of hydrogen-bond donors (Lipinski definition) is 1. The van der Waals surface area contributed by atoms with Crippen LogP contribution in [0.4, 0.5) is 14.5 Å². The zero-order chi connectivity index (χ0) is 14.0. The Hall–Kier alpha value is -1.82. The summed E-state index contributed by atoms with van der Waals surface area (Å²) < 4.78 is 27.2. The Kier molecular flexibility index (Phi) is 3.90. The lowest BCUT2D eigenvalue weighted by atomic mass is 10.2. The van der Waals surface area contributed by atoms with Gasteiger partial charge in [0.15, 0.2) is 5.82 Å². The number of nitrogens with one attached hydrogen (secondary N) is 1. The maximum atomic E-state index is 13.4. The normalized spacial score (nSPS) is 10.3. The summed E-state index contributed by atoms with van der Waals surface area (Å²) in [4.78, 5) is 15.0. The molecule has 0 radical (unpaired) electrons. The maximum absolute atomic E-state index is 13.4. The van der Waals surface area contributed by atoms with Gasteiger partial charge in [-0.15, -0.1) is 0 Å². The van der Waals surface area contributed by atoms with Gasteiger partial charge in [0.1, 0.15) is 0 Å². The summed E-state index contributed by atoms with van der Waals surface area (Å²) >= 11 is 3.30. The smallest absolute Gasteiger partial charge is 0.258 e. The molecule has 0 unspecified atom stereocenters. The van der Waals surface area contributed by atoms with Crippen molar-refractivity contribution >= 4 is 27.5 Å². The minimum absolute atomic E-state index is 0.380. The van der Waals surface area contributed by atoms with Crippen LogP contribution in [0, 0.1) is 18.7 Å². The summed E-state index contributed by atoms with van der Waals surface area (Å²) in [5.74, 6) is -3.26. The number of amides is 1. The molecule has 3 nitrogen and oxygen atoms in total. The van der Waals surface area contributed by atoms with E-state index >= 15 is 0 Å². The third-order valence-corrected chi connectivity index (χ3v) is 3.02. The molecule has 1 amide bonds. The van der Waals surface area contributed by atoms with Gasteiger partial charge in [-0.05, 0) is 36.8 Å². The molecule has 0 aliphatic carbocycles. The van der Waals surface area contributed by atoms with E-state index in [2.05, 4.69) is 26.2 Å². The van der Waals surface area contributed by atoms with Crippen LogP contribution in [0.15, 0.2) is 34.9 Å². The fraction of sp³-hybridized carbons (Fsp3) is 0.0769. The lowest BCUT2D eigenvalue weighted by Crippen LogP contribution is -2.15. The van der Waals surface area contributed by atoms with Crippen molar-refractivity contribution in [3.8, 4) is 0 Å². The minimum atomic E-state index is -1.29. The molecule has 0 bridgehead atoms. The standard InChI is InChI=1S/C13H9BrF2N2O/c1-7-6-8(14)2-3-10(7)18-13(19)9-4-5-17-12(16)11(9)15/h2-6H,1H3,(H,18,19). The first-order valence-corrected chi connectivity index (χ1v) is 6.16.